The molecule has 0 radical (unpaired) electrons. The van der Waals surface area contributed by atoms with Gasteiger partial charge >= 0.3 is 0 Å². The summed E-state index contributed by atoms with van der Waals surface area (Å²) in [4.78, 5) is 0. The minimum absolute atomic E-state index is 0.437. The third-order valence-corrected chi connectivity index (χ3v) is 3.03. The van der Waals surface area contributed by atoms with Gasteiger partial charge in [0.2, 0.25) is 0 Å². The maximum atomic E-state index is 8.60. The van der Waals surface area contributed by atoms with Crippen LogP contribution in [0.2, 0.25) is 0 Å². The number of nitriles is 1. The van der Waals surface area contributed by atoms with Gasteiger partial charge in [0, 0.05) is 6.42 Å². The molecule has 20 heavy (non-hydrogen) atoms. The molecule has 3 nitrogen and oxygen atoms in total. The highest BCUT2D eigenvalue weighted by Crippen LogP contribution is 2.14. The van der Waals surface area contributed by atoms with Gasteiger partial charge in [-0.05, 0) is 35.4 Å². The molecule has 0 atom stereocenters. The van der Waals surface area contributed by atoms with Crippen LogP contribution in [0.3, 0.4) is 0 Å². The molecule has 2 rings (SSSR count). The SMILES string of the molecule is COc1ccc(CCOc2ccc(CC#N)cc2)cc1. The van der Waals surface area contributed by atoms with Crippen molar-refractivity contribution in [2.45, 2.75) is 12.8 Å². The topological polar surface area (TPSA) is 42.2 Å². The van der Waals surface area contributed by atoms with Crippen molar-refractivity contribution < 1.29 is 9.47 Å². The Morgan fingerprint density at radius 1 is 0.900 bits per heavy atom. The first-order chi connectivity index (χ1) is 9.81. The molecule has 2 aromatic rings. The second-order valence-electron chi connectivity index (χ2n) is 4.43. The fraction of sp³-hybridized carbons (Fsp3) is 0.235. The molecular weight excluding hydrogens is 250 g/mol. The van der Waals surface area contributed by atoms with Gasteiger partial charge in [0.25, 0.3) is 0 Å². The van der Waals surface area contributed by atoms with Crippen molar-refractivity contribution in [1.82, 2.24) is 0 Å². The van der Waals surface area contributed by atoms with E-state index in [1.807, 2.05) is 48.5 Å². The first kappa shape index (κ1) is 14.0. The fourth-order valence-corrected chi connectivity index (χ4v) is 1.87. The molecule has 0 heterocycles. The summed E-state index contributed by atoms with van der Waals surface area (Å²) in [5.74, 6) is 1.70. The summed E-state index contributed by atoms with van der Waals surface area (Å²) in [5.41, 5.74) is 2.22. The minimum Gasteiger partial charge on any atom is -0.497 e. The summed E-state index contributed by atoms with van der Waals surface area (Å²) in [7, 11) is 1.66. The number of hydrogen-bond donors (Lipinski definition) is 0. The molecule has 0 spiro atoms. The number of ether oxygens (including phenoxy) is 2. The van der Waals surface area contributed by atoms with E-state index in [-0.39, 0.29) is 0 Å². The van der Waals surface area contributed by atoms with Gasteiger partial charge < -0.3 is 9.47 Å². The molecule has 0 saturated carbocycles. The maximum Gasteiger partial charge on any atom is 0.119 e. The standard InChI is InChI=1S/C17H17NO2/c1-19-16-6-2-15(3-7-16)11-13-20-17-8-4-14(5-9-17)10-12-18/h2-9H,10-11,13H2,1H3. The molecule has 102 valence electrons. The van der Waals surface area contributed by atoms with Crippen molar-refractivity contribution in [3.8, 4) is 17.6 Å². The van der Waals surface area contributed by atoms with Gasteiger partial charge in [0.15, 0.2) is 0 Å². The summed E-state index contributed by atoms with van der Waals surface area (Å²) in [6.45, 7) is 0.629. The normalized spacial score (nSPS) is 9.80. The van der Waals surface area contributed by atoms with Gasteiger partial charge in [-0.2, -0.15) is 5.26 Å². The van der Waals surface area contributed by atoms with Crippen LogP contribution >= 0.6 is 0 Å². The highest BCUT2D eigenvalue weighted by atomic mass is 16.5. The molecule has 3 heteroatoms. The van der Waals surface area contributed by atoms with Crippen LogP contribution in [-0.2, 0) is 12.8 Å². The summed E-state index contributed by atoms with van der Waals surface area (Å²) in [6, 6.07) is 17.8. The molecule has 0 unspecified atom stereocenters. The Bertz CT molecular complexity index is 567. The molecule has 0 N–H and O–H groups in total. The van der Waals surface area contributed by atoms with E-state index in [9.17, 15) is 0 Å². The lowest BCUT2D eigenvalue weighted by molar-refractivity contribution is 0.322. The van der Waals surface area contributed by atoms with Crippen LogP contribution in [0.25, 0.3) is 0 Å². The second kappa shape index (κ2) is 7.20. The molecule has 0 saturated heterocycles. The highest BCUT2D eigenvalue weighted by molar-refractivity contribution is 5.29. The zero-order chi connectivity index (χ0) is 14.2. The molecule has 0 fully saturated rings. The van der Waals surface area contributed by atoms with Gasteiger partial charge in [-0.15, -0.1) is 0 Å². The average molecular weight is 267 g/mol. The maximum absolute atomic E-state index is 8.60. The largest absolute Gasteiger partial charge is 0.497 e. The third-order valence-electron chi connectivity index (χ3n) is 3.03. The van der Waals surface area contributed by atoms with Crippen LogP contribution in [0.1, 0.15) is 11.1 Å². The van der Waals surface area contributed by atoms with E-state index >= 15 is 0 Å². The Labute approximate surface area is 119 Å². The summed E-state index contributed by atoms with van der Waals surface area (Å²) >= 11 is 0. The molecule has 0 amide bonds. The van der Waals surface area contributed by atoms with E-state index in [0.717, 1.165) is 23.5 Å². The smallest absolute Gasteiger partial charge is 0.119 e. The van der Waals surface area contributed by atoms with Crippen molar-refractivity contribution in [3.63, 3.8) is 0 Å². The quantitative estimate of drug-likeness (QED) is 0.805. The van der Waals surface area contributed by atoms with E-state index in [2.05, 4.69) is 6.07 Å². The lowest BCUT2D eigenvalue weighted by Gasteiger charge is -2.07. The molecular formula is C17H17NO2. The van der Waals surface area contributed by atoms with Crippen LogP contribution in [0.5, 0.6) is 11.5 Å². The van der Waals surface area contributed by atoms with Crippen molar-refractivity contribution in [2.75, 3.05) is 13.7 Å². The van der Waals surface area contributed by atoms with Crippen molar-refractivity contribution >= 4 is 0 Å². The molecule has 0 aliphatic heterocycles. The zero-order valence-electron chi connectivity index (χ0n) is 11.5. The zero-order valence-corrected chi connectivity index (χ0v) is 11.5. The van der Waals surface area contributed by atoms with E-state index in [1.54, 1.807) is 7.11 Å². The lowest BCUT2D eigenvalue weighted by atomic mass is 10.1. The van der Waals surface area contributed by atoms with Crippen LogP contribution < -0.4 is 9.47 Å². The number of rotatable bonds is 6. The number of methoxy groups -OCH3 is 1. The number of benzene rings is 2. The monoisotopic (exact) mass is 267 g/mol. The van der Waals surface area contributed by atoms with E-state index in [1.165, 1.54) is 5.56 Å². The highest BCUT2D eigenvalue weighted by Gasteiger charge is 1.98. The predicted molar refractivity (Wildman–Crippen MR) is 78.0 cm³/mol. The van der Waals surface area contributed by atoms with Crippen LogP contribution in [0.4, 0.5) is 0 Å². The number of hydrogen-bond acceptors (Lipinski definition) is 3. The first-order valence-corrected chi connectivity index (χ1v) is 6.53. The summed E-state index contributed by atoms with van der Waals surface area (Å²) in [5, 5.41) is 8.60. The van der Waals surface area contributed by atoms with Crippen molar-refractivity contribution in [3.05, 3.63) is 59.7 Å². The van der Waals surface area contributed by atoms with E-state index in [4.69, 9.17) is 14.7 Å². The van der Waals surface area contributed by atoms with Gasteiger partial charge in [0.05, 0.1) is 26.2 Å². The van der Waals surface area contributed by atoms with Gasteiger partial charge in [-0.1, -0.05) is 24.3 Å². The minimum atomic E-state index is 0.437. The second-order valence-corrected chi connectivity index (χ2v) is 4.43. The first-order valence-electron chi connectivity index (χ1n) is 6.53. The third kappa shape index (κ3) is 4.03. The fourth-order valence-electron chi connectivity index (χ4n) is 1.87. The van der Waals surface area contributed by atoms with Crippen LogP contribution in [-0.4, -0.2) is 13.7 Å². The molecule has 0 aromatic heterocycles. The van der Waals surface area contributed by atoms with Gasteiger partial charge in [-0.25, -0.2) is 0 Å². The van der Waals surface area contributed by atoms with Crippen molar-refractivity contribution in [2.24, 2.45) is 0 Å². The number of nitrogens with zero attached hydrogens (tertiary/aromatic N) is 1. The van der Waals surface area contributed by atoms with E-state index in [0.29, 0.717) is 13.0 Å². The predicted octanol–water partition coefficient (Wildman–Crippen LogP) is 3.38. The molecule has 2 aromatic carbocycles. The Balaban J connectivity index is 1.81. The average Bonchev–Trinajstić information content (AvgIpc) is 2.50. The lowest BCUT2D eigenvalue weighted by Crippen LogP contribution is -2.01. The summed E-state index contributed by atoms with van der Waals surface area (Å²) in [6.07, 6.45) is 1.29. The summed E-state index contributed by atoms with van der Waals surface area (Å²) < 4.78 is 10.8. The van der Waals surface area contributed by atoms with Crippen LogP contribution in [0.15, 0.2) is 48.5 Å². The van der Waals surface area contributed by atoms with Gasteiger partial charge in [0.1, 0.15) is 11.5 Å². The Morgan fingerprint density at radius 2 is 1.50 bits per heavy atom. The molecule has 0 aliphatic rings. The molecule has 0 bridgehead atoms. The Morgan fingerprint density at radius 3 is 2.10 bits per heavy atom. The Hall–Kier alpha value is -2.47. The van der Waals surface area contributed by atoms with Gasteiger partial charge in [-0.3, -0.25) is 0 Å². The van der Waals surface area contributed by atoms with Crippen molar-refractivity contribution in [1.29, 1.82) is 5.26 Å². The van der Waals surface area contributed by atoms with Crippen LogP contribution in [0, 0.1) is 11.3 Å². The Kier molecular flexibility index (Phi) is 5.02. The van der Waals surface area contributed by atoms with E-state index < -0.39 is 0 Å². The molecule has 0 aliphatic carbocycles.